The highest BCUT2D eigenvalue weighted by Gasteiger charge is 2.10. The van der Waals surface area contributed by atoms with E-state index in [4.69, 9.17) is 16.0 Å². The molecule has 0 aliphatic carbocycles. The highest BCUT2D eigenvalue weighted by molar-refractivity contribution is 6.17. The zero-order valence-electron chi connectivity index (χ0n) is 9.53. The van der Waals surface area contributed by atoms with Gasteiger partial charge in [0.05, 0.1) is 0 Å². The Kier molecular flexibility index (Phi) is 4.88. The fraction of sp³-hybridized carbons (Fsp3) is 0.800. The lowest BCUT2D eigenvalue weighted by molar-refractivity contribution is 0.486. The molecule has 5 heteroatoms. The van der Waals surface area contributed by atoms with Gasteiger partial charge in [0.2, 0.25) is 5.89 Å². The summed E-state index contributed by atoms with van der Waals surface area (Å²) in [5.74, 6) is 1.80. The molecule has 0 bridgehead atoms. The Balaban J connectivity index is 2.46. The van der Waals surface area contributed by atoms with E-state index in [9.17, 15) is 0 Å². The molecule has 0 aliphatic rings. The normalized spacial score (nSPS) is 11.0. The fourth-order valence-corrected chi connectivity index (χ4v) is 1.29. The molecule has 0 unspecified atom stereocenters. The maximum absolute atomic E-state index is 5.59. The first-order valence-electron chi connectivity index (χ1n) is 5.23. The van der Waals surface area contributed by atoms with Gasteiger partial charge in [-0.05, 0) is 12.3 Å². The summed E-state index contributed by atoms with van der Waals surface area (Å²) >= 11 is 5.59. The maximum Gasteiger partial charge on any atom is 0.317 e. The van der Waals surface area contributed by atoms with Gasteiger partial charge >= 0.3 is 6.01 Å². The second-order valence-corrected chi connectivity index (χ2v) is 4.40. The summed E-state index contributed by atoms with van der Waals surface area (Å²) in [5, 5.41) is 7.87. The fourth-order valence-electron chi connectivity index (χ4n) is 1.13. The van der Waals surface area contributed by atoms with Gasteiger partial charge in [0.1, 0.15) is 0 Å². The number of hydrogen-bond acceptors (Lipinski definition) is 4. The molecule has 0 radical (unpaired) electrons. The molecule has 0 atom stereocenters. The second-order valence-electron chi connectivity index (χ2n) is 4.02. The molecule has 1 heterocycles. The van der Waals surface area contributed by atoms with E-state index in [1.165, 1.54) is 0 Å². The van der Waals surface area contributed by atoms with Crippen LogP contribution in [0.15, 0.2) is 4.42 Å². The third-order valence-corrected chi connectivity index (χ3v) is 2.32. The van der Waals surface area contributed by atoms with Gasteiger partial charge in [0.25, 0.3) is 0 Å². The van der Waals surface area contributed by atoms with Crippen molar-refractivity contribution in [3.63, 3.8) is 0 Å². The number of halogens is 1. The number of aromatic nitrogens is 2. The second kappa shape index (κ2) is 5.95. The topological polar surface area (TPSA) is 42.2 Å². The molecule has 0 N–H and O–H groups in total. The zero-order valence-corrected chi connectivity index (χ0v) is 10.3. The molecule has 0 spiro atoms. The zero-order chi connectivity index (χ0) is 11.3. The van der Waals surface area contributed by atoms with Gasteiger partial charge in [-0.15, -0.1) is 16.7 Å². The standard InChI is InChI=1S/C10H18ClN3O/c1-8(2)5-7-14(3)10-13-12-9(15-10)4-6-11/h8H,4-7H2,1-3H3. The first-order chi connectivity index (χ1) is 7.13. The lowest BCUT2D eigenvalue weighted by atomic mass is 10.1. The molecule has 0 aromatic carbocycles. The average molecular weight is 232 g/mol. The molecule has 86 valence electrons. The van der Waals surface area contributed by atoms with Crippen LogP contribution in [0, 0.1) is 5.92 Å². The summed E-state index contributed by atoms with van der Waals surface area (Å²) < 4.78 is 5.44. The maximum atomic E-state index is 5.59. The lowest BCUT2D eigenvalue weighted by Crippen LogP contribution is -2.20. The summed E-state index contributed by atoms with van der Waals surface area (Å²) in [7, 11) is 1.96. The van der Waals surface area contributed by atoms with E-state index in [0.717, 1.165) is 13.0 Å². The number of hydrogen-bond donors (Lipinski definition) is 0. The highest BCUT2D eigenvalue weighted by Crippen LogP contribution is 2.12. The number of aryl methyl sites for hydroxylation is 1. The minimum atomic E-state index is 0.511. The van der Waals surface area contributed by atoms with Gasteiger partial charge in [-0.2, -0.15) is 0 Å². The van der Waals surface area contributed by atoms with Crippen LogP contribution in [0.25, 0.3) is 0 Å². The van der Waals surface area contributed by atoms with Crippen molar-refractivity contribution in [3.8, 4) is 0 Å². The Morgan fingerprint density at radius 1 is 1.40 bits per heavy atom. The predicted molar refractivity (Wildman–Crippen MR) is 61.4 cm³/mol. The highest BCUT2D eigenvalue weighted by atomic mass is 35.5. The molecule has 0 aliphatic heterocycles. The van der Waals surface area contributed by atoms with E-state index in [-0.39, 0.29) is 0 Å². The minimum absolute atomic E-state index is 0.511. The van der Waals surface area contributed by atoms with Gasteiger partial charge in [0, 0.05) is 25.9 Å². The lowest BCUT2D eigenvalue weighted by Gasteiger charge is -2.14. The van der Waals surface area contributed by atoms with Gasteiger partial charge in [0.15, 0.2) is 0 Å². The Hall–Kier alpha value is -0.770. The molecule has 15 heavy (non-hydrogen) atoms. The molecule has 4 nitrogen and oxygen atoms in total. The largest absolute Gasteiger partial charge is 0.408 e. The van der Waals surface area contributed by atoms with Crippen molar-refractivity contribution < 1.29 is 4.42 Å². The Morgan fingerprint density at radius 3 is 2.73 bits per heavy atom. The van der Waals surface area contributed by atoms with Crippen LogP contribution in [-0.2, 0) is 6.42 Å². The monoisotopic (exact) mass is 231 g/mol. The van der Waals surface area contributed by atoms with Crippen molar-refractivity contribution in [2.75, 3.05) is 24.4 Å². The van der Waals surface area contributed by atoms with Crippen LogP contribution in [-0.4, -0.2) is 29.7 Å². The van der Waals surface area contributed by atoms with Crippen molar-refractivity contribution in [3.05, 3.63) is 5.89 Å². The summed E-state index contributed by atoms with van der Waals surface area (Å²) in [4.78, 5) is 1.98. The van der Waals surface area contributed by atoms with Crippen LogP contribution < -0.4 is 4.90 Å². The summed E-state index contributed by atoms with van der Waals surface area (Å²) in [6.07, 6.45) is 1.75. The van der Waals surface area contributed by atoms with Crippen LogP contribution in [0.1, 0.15) is 26.2 Å². The van der Waals surface area contributed by atoms with E-state index < -0.39 is 0 Å². The van der Waals surface area contributed by atoms with E-state index in [2.05, 4.69) is 24.0 Å². The van der Waals surface area contributed by atoms with Crippen LogP contribution in [0.5, 0.6) is 0 Å². The number of rotatable bonds is 6. The Labute approximate surface area is 95.6 Å². The first kappa shape index (κ1) is 12.3. The Bertz CT molecular complexity index is 288. The first-order valence-corrected chi connectivity index (χ1v) is 5.76. The molecule has 0 amide bonds. The summed E-state index contributed by atoms with van der Waals surface area (Å²) in [6.45, 7) is 5.32. The SMILES string of the molecule is CC(C)CCN(C)c1nnc(CCCl)o1. The van der Waals surface area contributed by atoms with Crippen molar-refractivity contribution in [1.29, 1.82) is 0 Å². The van der Waals surface area contributed by atoms with Crippen molar-refractivity contribution in [2.45, 2.75) is 26.7 Å². The van der Waals surface area contributed by atoms with E-state index in [1.807, 2.05) is 11.9 Å². The predicted octanol–water partition coefficient (Wildman–Crippen LogP) is 2.33. The minimum Gasteiger partial charge on any atom is -0.408 e. The molecular formula is C10H18ClN3O. The van der Waals surface area contributed by atoms with Crippen molar-refractivity contribution in [2.24, 2.45) is 5.92 Å². The quantitative estimate of drug-likeness (QED) is 0.705. The van der Waals surface area contributed by atoms with E-state index in [0.29, 0.717) is 30.1 Å². The van der Waals surface area contributed by atoms with Gasteiger partial charge in [-0.3, -0.25) is 0 Å². The van der Waals surface area contributed by atoms with Gasteiger partial charge in [-0.25, -0.2) is 0 Å². The molecular weight excluding hydrogens is 214 g/mol. The van der Waals surface area contributed by atoms with E-state index >= 15 is 0 Å². The summed E-state index contributed by atoms with van der Waals surface area (Å²) in [6, 6.07) is 0.579. The molecule has 1 aromatic heterocycles. The van der Waals surface area contributed by atoms with Crippen LogP contribution in [0.3, 0.4) is 0 Å². The summed E-state index contributed by atoms with van der Waals surface area (Å²) in [5.41, 5.74) is 0. The molecule has 1 rings (SSSR count). The Morgan fingerprint density at radius 2 is 2.13 bits per heavy atom. The number of alkyl halides is 1. The third-order valence-electron chi connectivity index (χ3n) is 2.13. The molecule has 0 fully saturated rings. The number of nitrogens with zero attached hydrogens (tertiary/aromatic N) is 3. The molecule has 0 saturated heterocycles. The van der Waals surface area contributed by atoms with Gasteiger partial charge in [-0.1, -0.05) is 18.9 Å². The van der Waals surface area contributed by atoms with Crippen molar-refractivity contribution >= 4 is 17.6 Å². The van der Waals surface area contributed by atoms with Crippen LogP contribution >= 0.6 is 11.6 Å². The van der Waals surface area contributed by atoms with Crippen LogP contribution in [0.4, 0.5) is 6.01 Å². The molecule has 1 aromatic rings. The van der Waals surface area contributed by atoms with Crippen molar-refractivity contribution in [1.82, 2.24) is 10.2 Å². The van der Waals surface area contributed by atoms with E-state index in [1.54, 1.807) is 0 Å². The van der Waals surface area contributed by atoms with Crippen LogP contribution in [0.2, 0.25) is 0 Å². The number of anilines is 1. The smallest absolute Gasteiger partial charge is 0.317 e. The third kappa shape index (κ3) is 4.08. The average Bonchev–Trinajstić information content (AvgIpc) is 2.63. The molecule has 0 saturated carbocycles. The van der Waals surface area contributed by atoms with Gasteiger partial charge < -0.3 is 9.32 Å².